The van der Waals surface area contributed by atoms with E-state index in [9.17, 15) is 0 Å². The van der Waals surface area contributed by atoms with Gasteiger partial charge >= 0.3 is 0 Å². The highest BCUT2D eigenvalue weighted by atomic mass is 16.5. The molecule has 0 spiro atoms. The van der Waals surface area contributed by atoms with Crippen molar-refractivity contribution in [3.8, 4) is 11.8 Å². The van der Waals surface area contributed by atoms with Crippen molar-refractivity contribution in [2.45, 2.75) is 12.5 Å². The van der Waals surface area contributed by atoms with Gasteiger partial charge in [-0.2, -0.15) is 5.26 Å². The molecule has 0 fully saturated rings. The number of rotatable bonds is 3. The van der Waals surface area contributed by atoms with Crippen LogP contribution in [-0.4, -0.2) is 26.2 Å². The number of nitrogens with one attached hydrogen (secondary N) is 2. The van der Waals surface area contributed by atoms with E-state index in [0.29, 0.717) is 18.2 Å². The molecule has 2 N–H and O–H groups in total. The Morgan fingerprint density at radius 3 is 3.25 bits per heavy atom. The molecule has 16 heavy (non-hydrogen) atoms. The van der Waals surface area contributed by atoms with Crippen LogP contribution in [0.25, 0.3) is 0 Å². The average molecular weight is 217 g/mol. The maximum absolute atomic E-state index is 8.82. The Labute approximate surface area is 95.2 Å². The van der Waals surface area contributed by atoms with Gasteiger partial charge in [-0.3, -0.25) is 0 Å². The molecule has 0 bridgehead atoms. The average Bonchev–Trinajstić information content (AvgIpc) is 2.35. The van der Waals surface area contributed by atoms with E-state index in [0.717, 1.165) is 24.4 Å². The summed E-state index contributed by atoms with van der Waals surface area (Å²) in [5.41, 5.74) is 1.58. The normalized spacial score (nSPS) is 17.9. The Morgan fingerprint density at radius 1 is 1.62 bits per heavy atom. The van der Waals surface area contributed by atoms with Gasteiger partial charge < -0.3 is 15.4 Å². The first-order valence-corrected chi connectivity index (χ1v) is 5.41. The number of anilines is 1. The molecule has 4 heteroatoms. The van der Waals surface area contributed by atoms with Gasteiger partial charge in [0.05, 0.1) is 23.4 Å². The first kappa shape index (κ1) is 10.8. The zero-order valence-corrected chi connectivity index (χ0v) is 9.29. The Morgan fingerprint density at radius 2 is 2.50 bits per heavy atom. The lowest BCUT2D eigenvalue weighted by molar-refractivity contribution is 0.278. The molecule has 0 saturated carbocycles. The summed E-state index contributed by atoms with van der Waals surface area (Å²) in [5, 5.41) is 15.3. The van der Waals surface area contributed by atoms with Gasteiger partial charge in [-0.25, -0.2) is 0 Å². The van der Waals surface area contributed by atoms with Crippen LogP contribution < -0.4 is 15.4 Å². The smallest absolute Gasteiger partial charge is 0.142 e. The second-order valence-electron chi connectivity index (χ2n) is 3.87. The minimum atomic E-state index is 0.314. The van der Waals surface area contributed by atoms with E-state index >= 15 is 0 Å². The standard InChI is InChI=1S/C12H15N3O/c1-14-5-4-10-8-16-12-3-2-9(7-13)6-11(12)15-10/h2-3,6,10,14-15H,4-5,8H2,1H3. The quantitative estimate of drug-likeness (QED) is 0.802. The van der Waals surface area contributed by atoms with Gasteiger partial charge in [0.1, 0.15) is 12.4 Å². The molecule has 0 saturated heterocycles. The second kappa shape index (κ2) is 4.86. The Balaban J connectivity index is 2.09. The SMILES string of the molecule is CNCCC1COc2ccc(C#N)cc2N1. The molecule has 0 amide bonds. The molecule has 1 aromatic carbocycles. The van der Waals surface area contributed by atoms with Crippen molar-refractivity contribution in [1.82, 2.24) is 5.32 Å². The predicted octanol–water partition coefficient (Wildman–Crippen LogP) is 1.34. The predicted molar refractivity (Wildman–Crippen MR) is 62.6 cm³/mol. The van der Waals surface area contributed by atoms with Crippen LogP contribution in [0.15, 0.2) is 18.2 Å². The van der Waals surface area contributed by atoms with Crippen LogP contribution in [-0.2, 0) is 0 Å². The second-order valence-corrected chi connectivity index (χ2v) is 3.87. The lowest BCUT2D eigenvalue weighted by Crippen LogP contribution is -2.33. The number of nitrogens with zero attached hydrogens (tertiary/aromatic N) is 1. The fraction of sp³-hybridized carbons (Fsp3) is 0.417. The summed E-state index contributed by atoms with van der Waals surface area (Å²) in [6.07, 6.45) is 1.01. The third kappa shape index (κ3) is 2.26. The van der Waals surface area contributed by atoms with Gasteiger partial charge in [0, 0.05) is 0 Å². The molecule has 1 aromatic rings. The fourth-order valence-corrected chi connectivity index (χ4v) is 1.76. The molecule has 0 aliphatic carbocycles. The van der Waals surface area contributed by atoms with E-state index in [1.165, 1.54) is 0 Å². The Bertz CT molecular complexity index is 411. The summed E-state index contributed by atoms with van der Waals surface area (Å²) in [5.74, 6) is 0.833. The summed E-state index contributed by atoms with van der Waals surface area (Å²) in [6, 6.07) is 7.89. The topological polar surface area (TPSA) is 57.1 Å². The molecule has 1 aliphatic heterocycles. The van der Waals surface area contributed by atoms with Gasteiger partial charge in [-0.05, 0) is 38.2 Å². The number of ether oxygens (including phenoxy) is 1. The van der Waals surface area contributed by atoms with Crippen LogP contribution in [0.4, 0.5) is 5.69 Å². The van der Waals surface area contributed by atoms with Crippen molar-refractivity contribution in [2.24, 2.45) is 0 Å². The van der Waals surface area contributed by atoms with E-state index in [1.807, 2.05) is 19.2 Å². The Hall–Kier alpha value is -1.73. The van der Waals surface area contributed by atoms with Crippen molar-refractivity contribution < 1.29 is 4.74 Å². The van der Waals surface area contributed by atoms with Gasteiger partial charge in [0.15, 0.2) is 0 Å². The number of hydrogen-bond acceptors (Lipinski definition) is 4. The summed E-state index contributed by atoms with van der Waals surface area (Å²) in [6.45, 7) is 1.63. The van der Waals surface area contributed by atoms with Crippen molar-refractivity contribution in [1.29, 1.82) is 5.26 Å². The monoisotopic (exact) mass is 217 g/mol. The largest absolute Gasteiger partial charge is 0.489 e. The minimum absolute atomic E-state index is 0.314. The molecular weight excluding hydrogens is 202 g/mol. The zero-order valence-electron chi connectivity index (χ0n) is 9.29. The van der Waals surface area contributed by atoms with Crippen molar-refractivity contribution in [3.63, 3.8) is 0 Å². The van der Waals surface area contributed by atoms with Crippen molar-refractivity contribution >= 4 is 5.69 Å². The number of fused-ring (bicyclic) bond motifs is 1. The van der Waals surface area contributed by atoms with Crippen LogP contribution in [0.3, 0.4) is 0 Å². The van der Waals surface area contributed by atoms with Crippen LogP contribution in [0.2, 0.25) is 0 Å². The van der Waals surface area contributed by atoms with Gasteiger partial charge in [0.25, 0.3) is 0 Å². The highest BCUT2D eigenvalue weighted by molar-refractivity contribution is 5.61. The first-order valence-electron chi connectivity index (χ1n) is 5.41. The van der Waals surface area contributed by atoms with Gasteiger partial charge in [0.2, 0.25) is 0 Å². The highest BCUT2D eigenvalue weighted by Crippen LogP contribution is 2.30. The van der Waals surface area contributed by atoms with Gasteiger partial charge in [-0.1, -0.05) is 0 Å². The minimum Gasteiger partial charge on any atom is -0.489 e. The van der Waals surface area contributed by atoms with Crippen LogP contribution in [0, 0.1) is 11.3 Å². The first-order chi connectivity index (χ1) is 7.83. The summed E-state index contributed by atoms with van der Waals surface area (Å²) in [4.78, 5) is 0. The molecule has 1 atom stereocenters. The van der Waals surface area contributed by atoms with Crippen molar-refractivity contribution in [3.05, 3.63) is 23.8 Å². The van der Waals surface area contributed by atoms with E-state index in [-0.39, 0.29) is 0 Å². The van der Waals surface area contributed by atoms with Crippen LogP contribution in [0.1, 0.15) is 12.0 Å². The summed E-state index contributed by atoms with van der Waals surface area (Å²) >= 11 is 0. The number of benzene rings is 1. The molecule has 0 radical (unpaired) electrons. The number of nitriles is 1. The lowest BCUT2D eigenvalue weighted by atomic mass is 10.1. The van der Waals surface area contributed by atoms with Crippen molar-refractivity contribution in [2.75, 3.05) is 25.5 Å². The van der Waals surface area contributed by atoms with E-state index in [2.05, 4.69) is 16.7 Å². The van der Waals surface area contributed by atoms with Crippen LogP contribution >= 0.6 is 0 Å². The summed E-state index contributed by atoms with van der Waals surface area (Å²) < 4.78 is 5.63. The van der Waals surface area contributed by atoms with E-state index in [4.69, 9.17) is 10.00 Å². The Kier molecular flexibility index (Phi) is 3.28. The lowest BCUT2D eigenvalue weighted by Gasteiger charge is -2.27. The van der Waals surface area contributed by atoms with Gasteiger partial charge in [-0.15, -0.1) is 0 Å². The molecule has 1 aliphatic rings. The van der Waals surface area contributed by atoms with Crippen LogP contribution in [0.5, 0.6) is 5.75 Å². The molecule has 1 heterocycles. The molecular formula is C12H15N3O. The van der Waals surface area contributed by atoms with E-state index in [1.54, 1.807) is 6.07 Å². The number of hydrogen-bond donors (Lipinski definition) is 2. The molecule has 4 nitrogen and oxygen atoms in total. The van der Waals surface area contributed by atoms with E-state index < -0.39 is 0 Å². The third-order valence-corrected chi connectivity index (χ3v) is 2.65. The highest BCUT2D eigenvalue weighted by Gasteiger charge is 2.18. The maximum atomic E-state index is 8.82. The summed E-state index contributed by atoms with van der Waals surface area (Å²) in [7, 11) is 1.94. The molecule has 1 unspecified atom stereocenters. The molecule has 0 aromatic heterocycles. The third-order valence-electron chi connectivity index (χ3n) is 2.65. The fourth-order valence-electron chi connectivity index (χ4n) is 1.76. The molecule has 2 rings (SSSR count). The zero-order chi connectivity index (χ0) is 11.4. The maximum Gasteiger partial charge on any atom is 0.142 e. The molecule has 84 valence electrons.